The summed E-state index contributed by atoms with van der Waals surface area (Å²) in [5, 5.41) is 0. The molecule has 0 N–H and O–H groups in total. The molecule has 0 radical (unpaired) electrons. The Labute approximate surface area is 238 Å². The van der Waals surface area contributed by atoms with Gasteiger partial charge < -0.3 is 0 Å². The van der Waals surface area contributed by atoms with Crippen molar-refractivity contribution in [1.29, 1.82) is 0 Å². The van der Waals surface area contributed by atoms with Gasteiger partial charge in [-0.1, -0.05) is 186 Å². The van der Waals surface area contributed by atoms with Crippen molar-refractivity contribution in [1.82, 2.24) is 0 Å². The molecule has 0 aliphatic rings. The first-order chi connectivity index (χ1) is 18.7. The largest absolute Gasteiger partial charge is 0.296 e. The summed E-state index contributed by atoms with van der Waals surface area (Å²) < 4.78 is 29.2. The predicted octanol–water partition coefficient (Wildman–Crippen LogP) is 11.6. The summed E-state index contributed by atoms with van der Waals surface area (Å²) in [6, 6.07) is 8.41. The second-order valence-corrected chi connectivity index (χ2v) is 13.0. The van der Waals surface area contributed by atoms with Crippen molar-refractivity contribution in [3.8, 4) is 0 Å². The molecule has 0 aliphatic heterocycles. The maximum absolute atomic E-state index is 12.1. The summed E-state index contributed by atoms with van der Waals surface area (Å²) in [5.74, 6) is 0. The van der Waals surface area contributed by atoms with Gasteiger partial charge in [-0.15, -0.1) is 0 Å². The second-order valence-electron chi connectivity index (χ2n) is 11.4. The average Bonchev–Trinajstić information content (AvgIpc) is 2.93. The van der Waals surface area contributed by atoms with E-state index < -0.39 is 10.1 Å². The summed E-state index contributed by atoms with van der Waals surface area (Å²) in [6.07, 6.45) is 35.7. The van der Waals surface area contributed by atoms with Crippen LogP contribution in [0.15, 0.2) is 35.2 Å². The Balaban J connectivity index is 1.70. The van der Waals surface area contributed by atoms with Crippen LogP contribution in [0.5, 0.6) is 0 Å². The van der Waals surface area contributed by atoms with E-state index in [1.54, 1.807) is 30.3 Å². The zero-order valence-corrected chi connectivity index (χ0v) is 25.9. The van der Waals surface area contributed by atoms with Crippen LogP contribution < -0.4 is 0 Å². The fourth-order valence-electron chi connectivity index (χ4n) is 5.24. The van der Waals surface area contributed by atoms with Crippen LogP contribution in [0.25, 0.3) is 0 Å². The van der Waals surface area contributed by atoms with Crippen LogP contribution in [-0.2, 0) is 14.3 Å². The zero-order valence-electron chi connectivity index (χ0n) is 25.1. The minimum absolute atomic E-state index is 0.245. The van der Waals surface area contributed by atoms with Gasteiger partial charge in [-0.25, -0.2) is 0 Å². The Morgan fingerprint density at radius 3 is 1.05 bits per heavy atom. The molecule has 1 aromatic rings. The van der Waals surface area contributed by atoms with Crippen LogP contribution in [0.1, 0.15) is 174 Å². The van der Waals surface area contributed by atoms with Gasteiger partial charge in [0, 0.05) is 0 Å². The van der Waals surface area contributed by atoms with Crippen molar-refractivity contribution in [3.63, 3.8) is 0 Å². The highest BCUT2D eigenvalue weighted by Gasteiger charge is 2.13. The lowest BCUT2D eigenvalue weighted by molar-refractivity contribution is 0.306. The summed E-state index contributed by atoms with van der Waals surface area (Å²) in [4.78, 5) is 0.245. The Hall–Kier alpha value is -0.870. The quantitative estimate of drug-likeness (QED) is 0.0735. The molecule has 0 aliphatic carbocycles. The predicted molar refractivity (Wildman–Crippen MR) is 165 cm³/mol. The number of rotatable bonds is 29. The number of benzene rings is 1. The SMILES string of the molecule is CCCCCCCCCCCCCCCCCCCCCCCCCCCCOS(=O)(=O)c1ccccc1. The van der Waals surface area contributed by atoms with Crippen LogP contribution in [0.3, 0.4) is 0 Å². The number of unbranched alkanes of at least 4 members (excludes halogenated alkanes) is 25. The van der Waals surface area contributed by atoms with Crippen LogP contribution in [0.4, 0.5) is 0 Å². The standard InChI is InChI=1S/C34H62O3S/c1-2-3-4-5-6-7-8-9-10-11-12-13-14-15-16-17-18-19-20-21-22-23-24-25-26-30-33-37-38(35,36)34-31-28-27-29-32-34/h27-29,31-32H,2-26,30,33H2,1H3. The molecule has 38 heavy (non-hydrogen) atoms. The van der Waals surface area contributed by atoms with E-state index in [0.29, 0.717) is 0 Å². The molecular weight excluding hydrogens is 488 g/mol. The maximum atomic E-state index is 12.1. The monoisotopic (exact) mass is 550 g/mol. The fraction of sp³-hybridized carbons (Fsp3) is 0.824. The average molecular weight is 551 g/mol. The Kier molecular flexibility index (Phi) is 24.4. The van der Waals surface area contributed by atoms with Crippen LogP contribution in [-0.4, -0.2) is 15.0 Å². The first kappa shape index (κ1) is 35.2. The summed E-state index contributed by atoms with van der Waals surface area (Å²) >= 11 is 0. The summed E-state index contributed by atoms with van der Waals surface area (Å²) in [5.41, 5.74) is 0. The molecule has 1 aromatic carbocycles. The van der Waals surface area contributed by atoms with Crippen LogP contribution in [0, 0.1) is 0 Å². The van der Waals surface area contributed by atoms with Crippen LogP contribution >= 0.6 is 0 Å². The van der Waals surface area contributed by atoms with Crippen molar-refractivity contribution in [2.24, 2.45) is 0 Å². The van der Waals surface area contributed by atoms with Crippen LogP contribution in [0.2, 0.25) is 0 Å². The highest BCUT2D eigenvalue weighted by atomic mass is 32.2. The van der Waals surface area contributed by atoms with E-state index in [4.69, 9.17) is 4.18 Å². The smallest absolute Gasteiger partial charge is 0.266 e. The maximum Gasteiger partial charge on any atom is 0.296 e. The van der Waals surface area contributed by atoms with E-state index in [1.807, 2.05) is 0 Å². The van der Waals surface area contributed by atoms with Crippen molar-refractivity contribution >= 4 is 10.1 Å². The molecule has 0 atom stereocenters. The lowest BCUT2D eigenvalue weighted by Gasteiger charge is -2.06. The lowest BCUT2D eigenvalue weighted by atomic mass is 10.0. The van der Waals surface area contributed by atoms with Gasteiger partial charge in [-0.2, -0.15) is 8.42 Å². The van der Waals surface area contributed by atoms with E-state index in [9.17, 15) is 8.42 Å². The van der Waals surface area contributed by atoms with E-state index >= 15 is 0 Å². The van der Waals surface area contributed by atoms with Gasteiger partial charge in [0.25, 0.3) is 10.1 Å². The van der Waals surface area contributed by atoms with Gasteiger partial charge >= 0.3 is 0 Å². The molecule has 0 bridgehead atoms. The van der Waals surface area contributed by atoms with Crippen molar-refractivity contribution in [2.75, 3.05) is 6.61 Å². The summed E-state index contributed by atoms with van der Waals surface area (Å²) in [7, 11) is -3.59. The van der Waals surface area contributed by atoms with Gasteiger partial charge in [0.2, 0.25) is 0 Å². The van der Waals surface area contributed by atoms with E-state index in [0.717, 1.165) is 12.8 Å². The van der Waals surface area contributed by atoms with E-state index in [2.05, 4.69) is 6.92 Å². The van der Waals surface area contributed by atoms with Gasteiger partial charge in [-0.05, 0) is 18.6 Å². The third kappa shape index (κ3) is 22.0. The van der Waals surface area contributed by atoms with Gasteiger partial charge in [-0.3, -0.25) is 4.18 Å². The number of hydrogen-bond acceptors (Lipinski definition) is 3. The first-order valence-electron chi connectivity index (χ1n) is 16.6. The molecule has 0 aromatic heterocycles. The minimum atomic E-state index is -3.59. The van der Waals surface area contributed by atoms with E-state index in [1.165, 1.54) is 154 Å². The molecule has 0 saturated carbocycles. The van der Waals surface area contributed by atoms with Gasteiger partial charge in [0.05, 0.1) is 11.5 Å². The Morgan fingerprint density at radius 2 is 0.737 bits per heavy atom. The highest BCUT2D eigenvalue weighted by Crippen LogP contribution is 2.16. The molecule has 1 rings (SSSR count). The second kappa shape index (κ2) is 26.4. The van der Waals surface area contributed by atoms with Crippen molar-refractivity contribution in [2.45, 2.75) is 179 Å². The normalized spacial score (nSPS) is 11.8. The Bertz CT molecular complexity index is 702. The molecular formula is C34H62O3S. The highest BCUT2D eigenvalue weighted by molar-refractivity contribution is 7.86. The van der Waals surface area contributed by atoms with Gasteiger partial charge in [0.15, 0.2) is 0 Å². The topological polar surface area (TPSA) is 43.4 Å². The molecule has 0 unspecified atom stereocenters. The summed E-state index contributed by atoms with van der Waals surface area (Å²) in [6.45, 7) is 2.58. The molecule has 0 saturated heterocycles. The molecule has 222 valence electrons. The van der Waals surface area contributed by atoms with E-state index in [-0.39, 0.29) is 11.5 Å². The molecule has 3 nitrogen and oxygen atoms in total. The number of hydrogen-bond donors (Lipinski definition) is 0. The molecule has 0 spiro atoms. The fourth-order valence-corrected chi connectivity index (χ4v) is 6.21. The third-order valence-electron chi connectivity index (χ3n) is 7.77. The lowest BCUT2D eigenvalue weighted by Crippen LogP contribution is -2.07. The van der Waals surface area contributed by atoms with Crippen molar-refractivity contribution in [3.05, 3.63) is 30.3 Å². The molecule has 4 heteroatoms. The third-order valence-corrected chi connectivity index (χ3v) is 9.09. The van der Waals surface area contributed by atoms with Crippen molar-refractivity contribution < 1.29 is 12.6 Å². The first-order valence-corrected chi connectivity index (χ1v) is 18.0. The molecule has 0 heterocycles. The Morgan fingerprint density at radius 1 is 0.447 bits per heavy atom. The molecule has 0 fully saturated rings. The minimum Gasteiger partial charge on any atom is -0.266 e. The zero-order chi connectivity index (χ0) is 27.4. The van der Waals surface area contributed by atoms with Gasteiger partial charge in [0.1, 0.15) is 0 Å². The molecule has 0 amide bonds.